The molecule has 7 heteroatoms. The van der Waals surface area contributed by atoms with Gasteiger partial charge in [0.05, 0.1) is 5.56 Å². The smallest absolute Gasteiger partial charge is 0.254 e. The highest BCUT2D eigenvalue weighted by Crippen LogP contribution is 2.15. The second kappa shape index (κ2) is 6.77. The molecular formula is C12H14ClF3N2O. The summed E-state index contributed by atoms with van der Waals surface area (Å²) in [6, 6.07) is 1.57. The molecule has 1 fully saturated rings. The van der Waals surface area contributed by atoms with Gasteiger partial charge in [0.15, 0.2) is 17.5 Å². The number of carbonyl (C=O) groups excluding carboxylic acids is 1. The minimum atomic E-state index is -1.62. The van der Waals surface area contributed by atoms with E-state index in [0.717, 1.165) is 31.5 Å². The molecule has 1 heterocycles. The molecule has 2 rings (SSSR count). The SMILES string of the molecule is Cl.O=C(N[C@@H]1CCCNC1)c1ccc(F)c(F)c1F. The van der Waals surface area contributed by atoms with Crippen LogP contribution in [0.25, 0.3) is 0 Å². The largest absolute Gasteiger partial charge is 0.348 e. The van der Waals surface area contributed by atoms with Crippen LogP contribution in [0.15, 0.2) is 12.1 Å². The average molecular weight is 295 g/mol. The first kappa shape index (κ1) is 15.8. The van der Waals surface area contributed by atoms with Crippen LogP contribution in [-0.4, -0.2) is 25.0 Å². The van der Waals surface area contributed by atoms with Gasteiger partial charge in [0.25, 0.3) is 5.91 Å². The highest BCUT2D eigenvalue weighted by Gasteiger charge is 2.21. The maximum absolute atomic E-state index is 13.4. The second-order valence-corrected chi connectivity index (χ2v) is 4.24. The lowest BCUT2D eigenvalue weighted by Crippen LogP contribution is -2.45. The number of hydrogen-bond donors (Lipinski definition) is 2. The van der Waals surface area contributed by atoms with Gasteiger partial charge in [-0.25, -0.2) is 13.2 Å². The number of halogens is 4. The van der Waals surface area contributed by atoms with E-state index in [9.17, 15) is 18.0 Å². The predicted molar refractivity (Wildman–Crippen MR) is 66.9 cm³/mol. The fourth-order valence-electron chi connectivity index (χ4n) is 1.94. The zero-order valence-corrected chi connectivity index (χ0v) is 10.8. The van der Waals surface area contributed by atoms with Gasteiger partial charge in [0.2, 0.25) is 0 Å². The third-order valence-electron chi connectivity index (χ3n) is 2.91. The summed E-state index contributed by atoms with van der Waals surface area (Å²) in [6.07, 6.45) is 1.69. The van der Waals surface area contributed by atoms with E-state index in [-0.39, 0.29) is 18.4 Å². The lowest BCUT2D eigenvalue weighted by Gasteiger charge is -2.23. The molecule has 0 radical (unpaired) electrons. The molecule has 19 heavy (non-hydrogen) atoms. The standard InChI is InChI=1S/C12H13F3N2O.ClH/c13-9-4-3-8(10(14)11(9)15)12(18)17-7-2-1-5-16-6-7;/h3-4,7,16H,1-2,5-6H2,(H,17,18);1H/t7-;/m1./s1. The summed E-state index contributed by atoms with van der Waals surface area (Å²) >= 11 is 0. The van der Waals surface area contributed by atoms with Crippen LogP contribution in [0.1, 0.15) is 23.2 Å². The molecule has 0 bridgehead atoms. The maximum atomic E-state index is 13.4. The van der Waals surface area contributed by atoms with Gasteiger partial charge in [-0.3, -0.25) is 4.79 Å². The van der Waals surface area contributed by atoms with Crippen LogP contribution in [-0.2, 0) is 0 Å². The van der Waals surface area contributed by atoms with E-state index in [0.29, 0.717) is 6.54 Å². The van der Waals surface area contributed by atoms with E-state index in [1.165, 1.54) is 0 Å². The highest BCUT2D eigenvalue weighted by atomic mass is 35.5. The average Bonchev–Trinajstić information content (AvgIpc) is 2.37. The Kier molecular flexibility index (Phi) is 5.62. The molecule has 0 aromatic heterocycles. The monoisotopic (exact) mass is 294 g/mol. The van der Waals surface area contributed by atoms with Crippen molar-refractivity contribution in [1.29, 1.82) is 0 Å². The Morgan fingerprint density at radius 3 is 2.63 bits per heavy atom. The van der Waals surface area contributed by atoms with E-state index >= 15 is 0 Å². The summed E-state index contributed by atoms with van der Waals surface area (Å²) in [4.78, 5) is 11.7. The van der Waals surface area contributed by atoms with Gasteiger partial charge in [-0.05, 0) is 31.5 Å². The van der Waals surface area contributed by atoms with Crippen LogP contribution in [0.4, 0.5) is 13.2 Å². The lowest BCUT2D eigenvalue weighted by atomic mass is 10.1. The van der Waals surface area contributed by atoms with Crippen molar-refractivity contribution in [1.82, 2.24) is 10.6 Å². The minimum Gasteiger partial charge on any atom is -0.348 e. The van der Waals surface area contributed by atoms with Crippen LogP contribution in [0.5, 0.6) is 0 Å². The molecule has 106 valence electrons. The van der Waals surface area contributed by atoms with Crippen LogP contribution in [0, 0.1) is 17.5 Å². The number of nitrogens with one attached hydrogen (secondary N) is 2. The summed E-state index contributed by atoms with van der Waals surface area (Å²) in [6.45, 7) is 1.48. The second-order valence-electron chi connectivity index (χ2n) is 4.24. The summed E-state index contributed by atoms with van der Waals surface area (Å²) < 4.78 is 39.1. The van der Waals surface area contributed by atoms with Crippen molar-refractivity contribution in [3.05, 3.63) is 35.1 Å². The van der Waals surface area contributed by atoms with Gasteiger partial charge in [0.1, 0.15) is 0 Å². The fraction of sp³-hybridized carbons (Fsp3) is 0.417. The molecule has 1 aliphatic heterocycles. The zero-order chi connectivity index (χ0) is 13.1. The van der Waals surface area contributed by atoms with Crippen LogP contribution in [0.2, 0.25) is 0 Å². The van der Waals surface area contributed by atoms with Crippen molar-refractivity contribution >= 4 is 18.3 Å². The van der Waals surface area contributed by atoms with Crippen molar-refractivity contribution in [3.63, 3.8) is 0 Å². The Balaban J connectivity index is 0.00000180. The lowest BCUT2D eigenvalue weighted by molar-refractivity contribution is 0.0925. The first-order valence-corrected chi connectivity index (χ1v) is 5.74. The van der Waals surface area contributed by atoms with Crippen molar-refractivity contribution in [2.24, 2.45) is 0 Å². The summed E-state index contributed by atoms with van der Waals surface area (Å²) in [5, 5.41) is 5.68. The normalized spacial score (nSPS) is 18.6. The van der Waals surface area contributed by atoms with Crippen molar-refractivity contribution in [3.8, 4) is 0 Å². The molecule has 0 saturated carbocycles. The Hall–Kier alpha value is -1.27. The molecule has 1 amide bonds. The van der Waals surface area contributed by atoms with Crippen LogP contribution in [0.3, 0.4) is 0 Å². The number of rotatable bonds is 2. The van der Waals surface area contributed by atoms with E-state index in [2.05, 4.69) is 10.6 Å². The van der Waals surface area contributed by atoms with Gasteiger partial charge in [-0.15, -0.1) is 12.4 Å². The van der Waals surface area contributed by atoms with Gasteiger partial charge in [-0.1, -0.05) is 0 Å². The third kappa shape index (κ3) is 3.61. The Morgan fingerprint density at radius 1 is 1.26 bits per heavy atom. The summed E-state index contributed by atoms with van der Waals surface area (Å²) in [5.74, 6) is -5.09. The van der Waals surface area contributed by atoms with Gasteiger partial charge in [0, 0.05) is 12.6 Å². The van der Waals surface area contributed by atoms with E-state index < -0.39 is 28.9 Å². The number of hydrogen-bond acceptors (Lipinski definition) is 2. The minimum absolute atomic E-state index is 0. The van der Waals surface area contributed by atoms with E-state index in [1.807, 2.05) is 0 Å². The molecule has 1 atom stereocenters. The summed E-state index contributed by atoms with van der Waals surface area (Å²) in [7, 11) is 0. The number of piperidine rings is 1. The molecule has 0 unspecified atom stereocenters. The Morgan fingerprint density at radius 2 is 2.00 bits per heavy atom. The first-order valence-electron chi connectivity index (χ1n) is 5.74. The van der Waals surface area contributed by atoms with E-state index in [1.54, 1.807) is 0 Å². The first-order chi connectivity index (χ1) is 8.59. The van der Waals surface area contributed by atoms with Gasteiger partial charge < -0.3 is 10.6 Å². The van der Waals surface area contributed by atoms with Crippen molar-refractivity contribution < 1.29 is 18.0 Å². The van der Waals surface area contributed by atoms with Gasteiger partial charge >= 0.3 is 0 Å². The molecule has 1 aromatic carbocycles. The van der Waals surface area contributed by atoms with Crippen molar-refractivity contribution in [2.45, 2.75) is 18.9 Å². The third-order valence-corrected chi connectivity index (χ3v) is 2.91. The number of amides is 1. The predicted octanol–water partition coefficient (Wildman–Crippen LogP) is 2.01. The Bertz CT molecular complexity index is 465. The van der Waals surface area contributed by atoms with Crippen molar-refractivity contribution in [2.75, 3.05) is 13.1 Å². The highest BCUT2D eigenvalue weighted by molar-refractivity contribution is 5.94. The van der Waals surface area contributed by atoms with Crippen LogP contribution >= 0.6 is 12.4 Å². The molecule has 1 saturated heterocycles. The van der Waals surface area contributed by atoms with E-state index in [4.69, 9.17) is 0 Å². The quantitative estimate of drug-likeness (QED) is 0.819. The topological polar surface area (TPSA) is 41.1 Å². The molecular weight excluding hydrogens is 281 g/mol. The molecule has 0 aliphatic carbocycles. The molecule has 0 spiro atoms. The molecule has 3 nitrogen and oxygen atoms in total. The fourth-order valence-corrected chi connectivity index (χ4v) is 1.94. The molecule has 2 N–H and O–H groups in total. The number of benzene rings is 1. The number of carbonyl (C=O) groups is 1. The Labute approximate surface area is 115 Å². The van der Waals surface area contributed by atoms with Gasteiger partial charge in [-0.2, -0.15) is 0 Å². The summed E-state index contributed by atoms with van der Waals surface area (Å²) in [5.41, 5.74) is -0.473. The zero-order valence-electron chi connectivity index (χ0n) is 10.0. The molecule has 1 aromatic rings. The molecule has 1 aliphatic rings. The van der Waals surface area contributed by atoms with Crippen LogP contribution < -0.4 is 10.6 Å². The maximum Gasteiger partial charge on any atom is 0.254 e.